The first kappa shape index (κ1) is 20.0. The number of nitrogens with one attached hydrogen (secondary N) is 1. The Kier molecular flexibility index (Phi) is 6.34. The molecule has 1 aromatic heterocycles. The van der Waals surface area contributed by atoms with Crippen LogP contribution in [0.5, 0.6) is 0 Å². The van der Waals surface area contributed by atoms with Gasteiger partial charge < -0.3 is 5.32 Å². The van der Waals surface area contributed by atoms with E-state index in [-0.39, 0.29) is 10.8 Å². The number of hydrogen-bond acceptors (Lipinski definition) is 5. The van der Waals surface area contributed by atoms with Gasteiger partial charge in [-0.15, -0.1) is 11.3 Å². The summed E-state index contributed by atoms with van der Waals surface area (Å²) in [5.41, 5.74) is 1.21. The topological polar surface area (TPSA) is 66.5 Å². The van der Waals surface area contributed by atoms with E-state index < -0.39 is 9.84 Å². The smallest absolute Gasteiger partial charge is 0.251 e. The Hall–Kier alpha value is -1.70. The van der Waals surface area contributed by atoms with Gasteiger partial charge >= 0.3 is 0 Å². The predicted molar refractivity (Wildman–Crippen MR) is 109 cm³/mol. The number of aryl methyl sites for hydroxylation is 1. The summed E-state index contributed by atoms with van der Waals surface area (Å²) in [6.07, 6.45) is 3.39. The lowest BCUT2D eigenvalue weighted by Gasteiger charge is -2.32. The third-order valence-electron chi connectivity index (χ3n) is 5.00. The minimum atomic E-state index is -3.33. The summed E-state index contributed by atoms with van der Waals surface area (Å²) in [5, 5.41) is 5.11. The first-order valence-electron chi connectivity index (χ1n) is 9.16. The number of amides is 1. The van der Waals surface area contributed by atoms with Crippen LogP contribution in [0.3, 0.4) is 0 Å². The first-order valence-corrected chi connectivity index (χ1v) is 11.9. The lowest BCUT2D eigenvalue weighted by Crippen LogP contribution is -2.40. The van der Waals surface area contributed by atoms with Crippen molar-refractivity contribution in [1.82, 2.24) is 10.2 Å². The maximum absolute atomic E-state index is 12.6. The van der Waals surface area contributed by atoms with Crippen molar-refractivity contribution >= 4 is 27.1 Å². The summed E-state index contributed by atoms with van der Waals surface area (Å²) < 4.78 is 23.5. The van der Waals surface area contributed by atoms with Crippen LogP contribution in [0.2, 0.25) is 0 Å². The number of sulfone groups is 1. The fourth-order valence-electron chi connectivity index (χ4n) is 3.49. The molecular formula is C20H26N2O3S2. The molecule has 0 saturated carbocycles. The third kappa shape index (κ3) is 5.40. The number of nitrogens with zero attached hydrogens (tertiary/aromatic N) is 1. The number of benzene rings is 1. The first-order chi connectivity index (χ1) is 12.8. The third-order valence-corrected chi connectivity index (χ3v) is 6.97. The van der Waals surface area contributed by atoms with E-state index in [0.717, 1.165) is 44.3 Å². The van der Waals surface area contributed by atoms with E-state index >= 15 is 0 Å². The van der Waals surface area contributed by atoms with Crippen LogP contribution in [0, 0.1) is 12.8 Å². The highest BCUT2D eigenvalue weighted by Crippen LogP contribution is 2.20. The number of hydrogen-bond donors (Lipinski definition) is 1. The van der Waals surface area contributed by atoms with Gasteiger partial charge in [0.05, 0.1) is 4.90 Å². The zero-order valence-electron chi connectivity index (χ0n) is 15.8. The average Bonchev–Trinajstić information content (AvgIpc) is 3.12. The number of rotatable bonds is 6. The van der Waals surface area contributed by atoms with E-state index in [2.05, 4.69) is 27.7 Å². The molecule has 7 heteroatoms. The minimum Gasteiger partial charge on any atom is -0.352 e. The van der Waals surface area contributed by atoms with Crippen molar-refractivity contribution in [2.45, 2.75) is 31.2 Å². The standard InChI is InChI=1S/C20H26N2O3S2/c1-15-7-8-18(27(2,24)25)11-19(15)20(23)21-12-16-5-3-9-22(13-16)14-17-6-4-10-26-17/h4,6-8,10-11,16H,3,5,9,12-14H2,1-2H3,(H,21,23). The zero-order valence-corrected chi connectivity index (χ0v) is 17.4. The van der Waals surface area contributed by atoms with Gasteiger partial charge in [-0.3, -0.25) is 9.69 Å². The van der Waals surface area contributed by atoms with Crippen molar-refractivity contribution < 1.29 is 13.2 Å². The second-order valence-electron chi connectivity index (χ2n) is 7.28. The molecule has 1 N–H and O–H groups in total. The predicted octanol–water partition coefficient (Wildman–Crippen LogP) is 3.10. The van der Waals surface area contributed by atoms with Gasteiger partial charge in [0.1, 0.15) is 0 Å². The molecule has 2 aromatic rings. The van der Waals surface area contributed by atoms with E-state index in [1.165, 1.54) is 10.9 Å². The fourth-order valence-corrected chi connectivity index (χ4v) is 4.89. The molecule has 0 aliphatic carbocycles. The lowest BCUT2D eigenvalue weighted by molar-refractivity contribution is 0.0930. The van der Waals surface area contributed by atoms with Crippen molar-refractivity contribution in [3.63, 3.8) is 0 Å². The van der Waals surface area contributed by atoms with Gasteiger partial charge in [-0.25, -0.2) is 8.42 Å². The molecule has 1 atom stereocenters. The second kappa shape index (κ2) is 8.54. The van der Waals surface area contributed by atoms with Crippen LogP contribution in [-0.4, -0.2) is 45.1 Å². The molecule has 1 saturated heterocycles. The molecule has 1 aliphatic rings. The molecule has 2 heterocycles. The molecule has 0 spiro atoms. The molecule has 1 aliphatic heterocycles. The SMILES string of the molecule is Cc1ccc(S(C)(=O)=O)cc1C(=O)NCC1CCCN(Cc2cccs2)C1. The van der Waals surface area contributed by atoms with Gasteiger partial charge in [0.15, 0.2) is 9.84 Å². The van der Waals surface area contributed by atoms with Crippen LogP contribution in [0.25, 0.3) is 0 Å². The summed E-state index contributed by atoms with van der Waals surface area (Å²) >= 11 is 1.78. The van der Waals surface area contributed by atoms with Crippen LogP contribution in [0.4, 0.5) is 0 Å². The van der Waals surface area contributed by atoms with E-state index in [4.69, 9.17) is 0 Å². The maximum Gasteiger partial charge on any atom is 0.251 e. The molecule has 146 valence electrons. The molecule has 0 bridgehead atoms. The Morgan fingerprint density at radius 2 is 2.15 bits per heavy atom. The van der Waals surface area contributed by atoms with Crippen LogP contribution in [0.1, 0.15) is 33.6 Å². The van der Waals surface area contributed by atoms with Gasteiger partial charge in [-0.2, -0.15) is 0 Å². The molecule has 27 heavy (non-hydrogen) atoms. The quantitative estimate of drug-likeness (QED) is 0.801. The Bertz CT molecular complexity index is 892. The highest BCUT2D eigenvalue weighted by molar-refractivity contribution is 7.90. The molecule has 1 unspecified atom stereocenters. The van der Waals surface area contributed by atoms with Crippen LogP contribution in [-0.2, 0) is 16.4 Å². The minimum absolute atomic E-state index is 0.179. The molecule has 1 amide bonds. The fraction of sp³-hybridized carbons (Fsp3) is 0.450. The van der Waals surface area contributed by atoms with Gasteiger partial charge in [0, 0.05) is 36.3 Å². The largest absolute Gasteiger partial charge is 0.352 e. The van der Waals surface area contributed by atoms with Crippen LogP contribution < -0.4 is 5.32 Å². The van der Waals surface area contributed by atoms with Crippen LogP contribution in [0.15, 0.2) is 40.6 Å². The van der Waals surface area contributed by atoms with Crippen molar-refractivity contribution in [2.24, 2.45) is 5.92 Å². The van der Waals surface area contributed by atoms with E-state index in [9.17, 15) is 13.2 Å². The van der Waals surface area contributed by atoms with Crippen molar-refractivity contribution in [1.29, 1.82) is 0 Å². The van der Waals surface area contributed by atoms with E-state index in [0.29, 0.717) is 18.0 Å². The maximum atomic E-state index is 12.6. The average molecular weight is 407 g/mol. The Morgan fingerprint density at radius 3 is 2.85 bits per heavy atom. The Balaban J connectivity index is 1.59. The summed E-state index contributed by atoms with van der Waals surface area (Å²) in [7, 11) is -3.33. The highest BCUT2D eigenvalue weighted by atomic mass is 32.2. The van der Waals surface area contributed by atoms with Gasteiger partial charge in [0.25, 0.3) is 5.91 Å². The molecule has 0 radical (unpaired) electrons. The normalized spacial score (nSPS) is 18.4. The number of thiophene rings is 1. The van der Waals surface area contributed by atoms with Crippen molar-refractivity contribution in [2.75, 3.05) is 25.9 Å². The molecular weight excluding hydrogens is 380 g/mol. The van der Waals surface area contributed by atoms with E-state index in [1.54, 1.807) is 23.5 Å². The Morgan fingerprint density at radius 1 is 1.33 bits per heavy atom. The van der Waals surface area contributed by atoms with Gasteiger partial charge in [-0.1, -0.05) is 12.1 Å². The summed E-state index contributed by atoms with van der Waals surface area (Å²) in [5.74, 6) is 0.217. The lowest BCUT2D eigenvalue weighted by atomic mass is 9.97. The summed E-state index contributed by atoms with van der Waals surface area (Å²) in [4.78, 5) is 16.6. The Labute approximate surface area is 165 Å². The van der Waals surface area contributed by atoms with E-state index in [1.807, 2.05) is 6.92 Å². The number of carbonyl (C=O) groups excluding carboxylic acids is 1. The molecule has 3 rings (SSSR count). The number of piperidine rings is 1. The summed E-state index contributed by atoms with van der Waals surface area (Å²) in [6, 6.07) is 8.95. The monoisotopic (exact) mass is 406 g/mol. The molecule has 1 fully saturated rings. The zero-order chi connectivity index (χ0) is 19.4. The number of carbonyl (C=O) groups is 1. The van der Waals surface area contributed by atoms with Crippen LogP contribution >= 0.6 is 11.3 Å². The van der Waals surface area contributed by atoms with Crippen molar-refractivity contribution in [3.05, 3.63) is 51.7 Å². The molecule has 1 aromatic carbocycles. The summed E-state index contributed by atoms with van der Waals surface area (Å²) in [6.45, 7) is 5.47. The highest BCUT2D eigenvalue weighted by Gasteiger charge is 2.21. The van der Waals surface area contributed by atoms with Gasteiger partial charge in [-0.05, 0) is 61.4 Å². The second-order valence-corrected chi connectivity index (χ2v) is 10.3. The molecule has 5 nitrogen and oxygen atoms in total. The van der Waals surface area contributed by atoms with Gasteiger partial charge in [0.2, 0.25) is 0 Å². The van der Waals surface area contributed by atoms with Crippen molar-refractivity contribution in [3.8, 4) is 0 Å². The number of likely N-dealkylation sites (tertiary alicyclic amines) is 1.